The first-order valence-corrected chi connectivity index (χ1v) is 7.46. The van der Waals surface area contributed by atoms with E-state index >= 15 is 0 Å². The molecule has 98 valence electrons. The van der Waals surface area contributed by atoms with E-state index in [2.05, 4.69) is 37.2 Å². The van der Waals surface area contributed by atoms with Crippen LogP contribution >= 0.6 is 43.5 Å². The van der Waals surface area contributed by atoms with Crippen LogP contribution in [0.15, 0.2) is 45.3 Å². The molecule has 0 atom stereocenters. The summed E-state index contributed by atoms with van der Waals surface area (Å²) in [4.78, 5) is 12.2. The molecule has 0 bridgehead atoms. The summed E-state index contributed by atoms with van der Waals surface area (Å²) in [7, 11) is 0. The molecule has 0 unspecified atom stereocenters. The average molecular weight is 404 g/mol. The molecule has 0 radical (unpaired) electrons. The molecular weight excluding hydrogens is 393 g/mol. The van der Waals surface area contributed by atoms with Gasteiger partial charge in [-0.2, -0.15) is 0 Å². The molecule has 0 spiro atoms. The quantitative estimate of drug-likeness (QED) is 0.712. The van der Waals surface area contributed by atoms with Crippen LogP contribution in [-0.2, 0) is 0 Å². The van der Waals surface area contributed by atoms with E-state index in [0.29, 0.717) is 16.3 Å². The summed E-state index contributed by atoms with van der Waals surface area (Å²) in [6, 6.07) is 10.9. The number of carbonyl (C=O) groups excluding carboxylic acids is 1. The Kier molecular flexibility index (Phi) is 4.66. The first-order valence-electron chi connectivity index (χ1n) is 5.50. The molecule has 0 saturated carbocycles. The number of rotatable bonds is 2. The number of carbonyl (C=O) groups is 1. The van der Waals surface area contributed by atoms with Crippen molar-refractivity contribution in [2.45, 2.75) is 6.92 Å². The van der Waals surface area contributed by atoms with Crippen molar-refractivity contribution in [2.75, 3.05) is 5.32 Å². The maximum Gasteiger partial charge on any atom is 0.257 e. The van der Waals surface area contributed by atoms with Crippen molar-refractivity contribution in [3.8, 4) is 0 Å². The second-order valence-electron chi connectivity index (χ2n) is 4.06. The molecule has 2 nitrogen and oxygen atoms in total. The van der Waals surface area contributed by atoms with Crippen molar-refractivity contribution >= 4 is 55.1 Å². The highest BCUT2D eigenvalue weighted by Crippen LogP contribution is 2.26. The van der Waals surface area contributed by atoms with Crippen LogP contribution in [0.2, 0.25) is 5.02 Å². The fraction of sp³-hybridized carbons (Fsp3) is 0.0714. The van der Waals surface area contributed by atoms with Crippen LogP contribution in [-0.4, -0.2) is 5.91 Å². The Balaban J connectivity index is 2.28. The summed E-state index contributed by atoms with van der Waals surface area (Å²) >= 11 is 12.8. The summed E-state index contributed by atoms with van der Waals surface area (Å²) in [6.45, 7) is 1.99. The Morgan fingerprint density at radius 1 is 1.16 bits per heavy atom. The lowest BCUT2D eigenvalue weighted by Crippen LogP contribution is -2.13. The smallest absolute Gasteiger partial charge is 0.257 e. The van der Waals surface area contributed by atoms with Gasteiger partial charge in [-0.15, -0.1) is 0 Å². The van der Waals surface area contributed by atoms with E-state index in [9.17, 15) is 4.79 Å². The Bertz CT molecular complexity index is 643. The lowest BCUT2D eigenvalue weighted by atomic mass is 10.2. The maximum absolute atomic E-state index is 12.2. The van der Waals surface area contributed by atoms with Gasteiger partial charge in [0.2, 0.25) is 0 Å². The predicted octanol–water partition coefficient (Wildman–Crippen LogP) is 5.43. The van der Waals surface area contributed by atoms with Gasteiger partial charge in [0.25, 0.3) is 5.91 Å². The standard InChI is InChI=1S/C14H10Br2ClNO/c1-8-2-5-13(11(16)6-8)18-14(19)10-7-9(15)3-4-12(10)17/h2-7H,1H3,(H,18,19). The second kappa shape index (κ2) is 6.07. The summed E-state index contributed by atoms with van der Waals surface area (Å²) in [6.07, 6.45) is 0. The number of aryl methyl sites for hydroxylation is 1. The van der Waals surface area contributed by atoms with Crippen LogP contribution < -0.4 is 5.32 Å². The van der Waals surface area contributed by atoms with Gasteiger partial charge >= 0.3 is 0 Å². The molecule has 0 aliphatic rings. The fourth-order valence-corrected chi connectivity index (χ4v) is 2.74. The van der Waals surface area contributed by atoms with Gasteiger partial charge in [-0.3, -0.25) is 4.79 Å². The zero-order valence-electron chi connectivity index (χ0n) is 10.0. The number of hydrogen-bond acceptors (Lipinski definition) is 1. The molecule has 19 heavy (non-hydrogen) atoms. The Morgan fingerprint density at radius 3 is 2.58 bits per heavy atom. The first kappa shape index (κ1) is 14.6. The molecule has 1 N–H and O–H groups in total. The van der Waals surface area contributed by atoms with E-state index in [1.165, 1.54) is 0 Å². The number of hydrogen-bond donors (Lipinski definition) is 1. The third-order valence-corrected chi connectivity index (χ3v) is 4.02. The number of amides is 1. The zero-order chi connectivity index (χ0) is 14.0. The summed E-state index contributed by atoms with van der Waals surface area (Å²) in [5.74, 6) is -0.240. The van der Waals surface area contributed by atoms with Crippen LogP contribution in [0.25, 0.3) is 0 Å². The van der Waals surface area contributed by atoms with Crippen molar-refractivity contribution in [1.29, 1.82) is 0 Å². The Hall–Kier alpha value is -0.840. The maximum atomic E-state index is 12.2. The number of anilines is 1. The van der Waals surface area contributed by atoms with Gasteiger partial charge in [0.15, 0.2) is 0 Å². The molecule has 0 fully saturated rings. The predicted molar refractivity (Wildman–Crippen MR) is 86.0 cm³/mol. The van der Waals surface area contributed by atoms with Crippen molar-refractivity contribution in [1.82, 2.24) is 0 Å². The third kappa shape index (κ3) is 3.59. The van der Waals surface area contributed by atoms with Crippen molar-refractivity contribution in [3.63, 3.8) is 0 Å². The zero-order valence-corrected chi connectivity index (χ0v) is 13.9. The van der Waals surface area contributed by atoms with E-state index in [1.807, 2.05) is 25.1 Å². The Morgan fingerprint density at radius 2 is 1.89 bits per heavy atom. The molecule has 2 aromatic carbocycles. The highest BCUT2D eigenvalue weighted by atomic mass is 79.9. The van der Waals surface area contributed by atoms with Crippen LogP contribution in [0, 0.1) is 6.92 Å². The van der Waals surface area contributed by atoms with E-state index in [4.69, 9.17) is 11.6 Å². The van der Waals surface area contributed by atoms with Crippen LogP contribution in [0.3, 0.4) is 0 Å². The first-order chi connectivity index (χ1) is 8.97. The summed E-state index contributed by atoms with van der Waals surface area (Å²) < 4.78 is 1.65. The van der Waals surface area contributed by atoms with E-state index in [1.54, 1.807) is 18.2 Å². The van der Waals surface area contributed by atoms with Gasteiger partial charge in [0.1, 0.15) is 0 Å². The minimum Gasteiger partial charge on any atom is -0.321 e. The average Bonchev–Trinajstić information content (AvgIpc) is 2.35. The van der Waals surface area contributed by atoms with E-state index < -0.39 is 0 Å². The fourth-order valence-electron chi connectivity index (χ4n) is 1.58. The molecule has 2 rings (SSSR count). The van der Waals surface area contributed by atoms with Gasteiger partial charge in [-0.1, -0.05) is 33.6 Å². The highest BCUT2D eigenvalue weighted by molar-refractivity contribution is 9.10. The third-order valence-electron chi connectivity index (χ3n) is 2.55. The largest absolute Gasteiger partial charge is 0.321 e. The number of halogens is 3. The van der Waals surface area contributed by atoms with Crippen molar-refractivity contribution in [2.24, 2.45) is 0 Å². The number of nitrogens with one attached hydrogen (secondary N) is 1. The SMILES string of the molecule is Cc1ccc(NC(=O)c2cc(Br)ccc2Cl)c(Br)c1. The van der Waals surface area contributed by atoms with Gasteiger partial charge in [-0.05, 0) is 58.7 Å². The van der Waals surface area contributed by atoms with Gasteiger partial charge in [0.05, 0.1) is 16.3 Å². The van der Waals surface area contributed by atoms with Crippen LogP contribution in [0.4, 0.5) is 5.69 Å². The van der Waals surface area contributed by atoms with Crippen molar-refractivity contribution < 1.29 is 4.79 Å². The molecule has 0 heterocycles. The highest BCUT2D eigenvalue weighted by Gasteiger charge is 2.12. The van der Waals surface area contributed by atoms with Crippen molar-refractivity contribution in [3.05, 3.63) is 61.5 Å². The molecular formula is C14H10Br2ClNO. The van der Waals surface area contributed by atoms with Gasteiger partial charge in [-0.25, -0.2) is 0 Å². The van der Waals surface area contributed by atoms with Gasteiger partial charge < -0.3 is 5.32 Å². The van der Waals surface area contributed by atoms with Crippen LogP contribution in [0.1, 0.15) is 15.9 Å². The molecule has 0 aliphatic carbocycles. The second-order valence-corrected chi connectivity index (χ2v) is 6.24. The summed E-state index contributed by atoms with van der Waals surface area (Å²) in [5.41, 5.74) is 2.26. The van der Waals surface area contributed by atoms with E-state index in [0.717, 1.165) is 14.5 Å². The minimum atomic E-state index is -0.240. The molecule has 0 aromatic heterocycles. The topological polar surface area (TPSA) is 29.1 Å². The Labute approximate surface area is 133 Å². The normalized spacial score (nSPS) is 10.3. The van der Waals surface area contributed by atoms with Crippen LogP contribution in [0.5, 0.6) is 0 Å². The molecule has 1 amide bonds. The summed E-state index contributed by atoms with van der Waals surface area (Å²) in [5, 5.41) is 3.25. The monoisotopic (exact) mass is 401 g/mol. The van der Waals surface area contributed by atoms with E-state index in [-0.39, 0.29) is 5.91 Å². The molecule has 5 heteroatoms. The molecule has 0 saturated heterocycles. The molecule has 0 aliphatic heterocycles. The van der Waals surface area contributed by atoms with Gasteiger partial charge in [0, 0.05) is 8.95 Å². The lowest BCUT2D eigenvalue weighted by Gasteiger charge is -2.09. The lowest BCUT2D eigenvalue weighted by molar-refractivity contribution is 0.102. The molecule has 2 aromatic rings. The number of benzene rings is 2. The minimum absolute atomic E-state index is 0.240.